The van der Waals surface area contributed by atoms with Gasteiger partial charge in [0.1, 0.15) is 0 Å². The number of rotatable bonds is 6. The summed E-state index contributed by atoms with van der Waals surface area (Å²) in [6.07, 6.45) is -0.262. The Morgan fingerprint density at radius 1 is 1.11 bits per heavy atom. The Morgan fingerprint density at radius 3 is 2.50 bits per heavy atom. The van der Waals surface area contributed by atoms with Crippen LogP contribution in [0, 0.1) is 13.8 Å². The quantitative estimate of drug-likeness (QED) is 0.610. The van der Waals surface area contributed by atoms with Crippen molar-refractivity contribution in [3.63, 3.8) is 0 Å². The van der Waals surface area contributed by atoms with Gasteiger partial charge in [0.2, 0.25) is 5.88 Å². The number of aromatic nitrogens is 2. The van der Waals surface area contributed by atoms with Crippen molar-refractivity contribution in [3.8, 4) is 11.6 Å². The number of carbonyl (C=O) groups excluding carboxylic acids is 1. The number of nitrogens with one attached hydrogen (secondary N) is 1. The zero-order chi connectivity index (χ0) is 20.3. The molecule has 1 aromatic heterocycles. The van der Waals surface area contributed by atoms with Crippen LogP contribution in [0.15, 0.2) is 54.6 Å². The van der Waals surface area contributed by atoms with E-state index in [0.717, 1.165) is 16.7 Å². The Bertz CT molecular complexity index is 1010. The Kier molecular flexibility index (Phi) is 5.44. The van der Waals surface area contributed by atoms with Gasteiger partial charge >= 0.3 is 5.97 Å². The number of amides is 1. The predicted molar refractivity (Wildman–Crippen MR) is 104 cm³/mol. The van der Waals surface area contributed by atoms with Crippen LogP contribution >= 0.6 is 0 Å². The summed E-state index contributed by atoms with van der Waals surface area (Å²) < 4.78 is 1.25. The second-order valence-electron chi connectivity index (χ2n) is 6.62. The van der Waals surface area contributed by atoms with Gasteiger partial charge in [-0.3, -0.25) is 9.59 Å². The van der Waals surface area contributed by atoms with Crippen molar-refractivity contribution in [2.24, 2.45) is 0 Å². The average molecular weight is 379 g/mol. The summed E-state index contributed by atoms with van der Waals surface area (Å²) in [4.78, 5) is 24.0. The lowest BCUT2D eigenvalue weighted by molar-refractivity contribution is -0.137. The lowest BCUT2D eigenvalue weighted by Crippen LogP contribution is -2.31. The van der Waals surface area contributed by atoms with Gasteiger partial charge in [0.05, 0.1) is 18.2 Å². The molecule has 0 spiro atoms. The number of aliphatic carboxylic acids is 1. The number of carboxylic acid groups (broad SMARTS) is 1. The van der Waals surface area contributed by atoms with E-state index in [9.17, 15) is 19.8 Å². The lowest BCUT2D eigenvalue weighted by Gasteiger charge is -2.19. The molecule has 2 aromatic carbocycles. The van der Waals surface area contributed by atoms with Gasteiger partial charge in [-0.1, -0.05) is 42.0 Å². The van der Waals surface area contributed by atoms with E-state index in [-0.39, 0.29) is 18.0 Å². The highest BCUT2D eigenvalue weighted by Gasteiger charge is 2.23. The molecule has 1 atom stereocenters. The van der Waals surface area contributed by atoms with Crippen molar-refractivity contribution >= 4 is 11.9 Å². The topological polar surface area (TPSA) is 104 Å². The van der Waals surface area contributed by atoms with Gasteiger partial charge in [-0.25, -0.2) is 4.68 Å². The second-order valence-corrected chi connectivity index (χ2v) is 6.62. The van der Waals surface area contributed by atoms with Gasteiger partial charge < -0.3 is 15.5 Å². The molecule has 1 heterocycles. The number of aryl methyl sites for hydroxylation is 2. The fourth-order valence-corrected chi connectivity index (χ4v) is 3.02. The van der Waals surface area contributed by atoms with Gasteiger partial charge in [-0.05, 0) is 37.1 Å². The third kappa shape index (κ3) is 4.20. The van der Waals surface area contributed by atoms with E-state index in [1.807, 2.05) is 38.1 Å². The molecule has 1 unspecified atom stereocenters. The summed E-state index contributed by atoms with van der Waals surface area (Å²) >= 11 is 0. The first-order valence-electron chi connectivity index (χ1n) is 8.79. The Morgan fingerprint density at radius 2 is 1.82 bits per heavy atom. The number of aromatic hydroxyl groups is 1. The number of carbonyl (C=O) groups is 2. The second kappa shape index (κ2) is 7.96. The van der Waals surface area contributed by atoms with E-state index in [4.69, 9.17) is 0 Å². The summed E-state index contributed by atoms with van der Waals surface area (Å²) in [5, 5.41) is 26.3. The van der Waals surface area contributed by atoms with Crippen molar-refractivity contribution in [2.45, 2.75) is 26.3 Å². The largest absolute Gasteiger partial charge is 0.493 e. The molecule has 0 fully saturated rings. The number of nitrogens with zero attached hydrogens (tertiary/aromatic N) is 2. The molecular formula is C21H21N3O4. The van der Waals surface area contributed by atoms with Crippen molar-refractivity contribution in [3.05, 3.63) is 77.0 Å². The molecule has 0 bridgehead atoms. The first kappa shape index (κ1) is 19.2. The van der Waals surface area contributed by atoms with Crippen LogP contribution in [0.5, 0.6) is 5.88 Å². The first-order valence-corrected chi connectivity index (χ1v) is 8.79. The summed E-state index contributed by atoms with van der Waals surface area (Å²) in [6, 6.07) is 15.1. The monoisotopic (exact) mass is 379 g/mol. The van der Waals surface area contributed by atoms with E-state index in [0.29, 0.717) is 5.69 Å². The Hall–Kier alpha value is -3.61. The smallest absolute Gasteiger partial charge is 0.305 e. The van der Waals surface area contributed by atoms with Crippen LogP contribution in [0.25, 0.3) is 5.69 Å². The molecule has 0 saturated carbocycles. The van der Waals surface area contributed by atoms with E-state index in [1.165, 1.54) is 10.7 Å². The Labute approximate surface area is 162 Å². The van der Waals surface area contributed by atoms with Gasteiger partial charge in [-0.15, -0.1) is 0 Å². The predicted octanol–water partition coefficient (Wildman–Crippen LogP) is 3.14. The van der Waals surface area contributed by atoms with Crippen LogP contribution < -0.4 is 5.32 Å². The van der Waals surface area contributed by atoms with Gasteiger partial charge in [0, 0.05) is 6.07 Å². The van der Waals surface area contributed by atoms with Crippen LogP contribution in [-0.4, -0.2) is 31.9 Å². The van der Waals surface area contributed by atoms with Crippen LogP contribution in [0.2, 0.25) is 0 Å². The lowest BCUT2D eigenvalue weighted by atomic mass is 9.96. The maximum Gasteiger partial charge on any atom is 0.305 e. The third-order valence-corrected chi connectivity index (χ3v) is 4.42. The molecule has 0 aliphatic carbocycles. The molecule has 3 aromatic rings. The normalized spacial score (nSPS) is 11.8. The molecule has 3 N–H and O–H groups in total. The number of carboxylic acids is 1. The first-order chi connectivity index (χ1) is 13.3. The van der Waals surface area contributed by atoms with Crippen molar-refractivity contribution in [1.82, 2.24) is 15.1 Å². The van der Waals surface area contributed by atoms with Gasteiger partial charge in [-0.2, -0.15) is 5.10 Å². The highest BCUT2D eigenvalue weighted by atomic mass is 16.4. The zero-order valence-electron chi connectivity index (χ0n) is 15.6. The molecule has 7 nitrogen and oxygen atoms in total. The number of para-hydroxylation sites is 1. The minimum Gasteiger partial charge on any atom is -0.493 e. The number of benzene rings is 2. The van der Waals surface area contributed by atoms with Crippen LogP contribution in [0.4, 0.5) is 0 Å². The molecule has 0 saturated heterocycles. The van der Waals surface area contributed by atoms with Crippen LogP contribution in [-0.2, 0) is 4.79 Å². The van der Waals surface area contributed by atoms with Gasteiger partial charge in [0.25, 0.3) is 5.91 Å². The van der Waals surface area contributed by atoms with Crippen LogP contribution in [0.3, 0.4) is 0 Å². The molecule has 3 rings (SSSR count). The molecule has 28 heavy (non-hydrogen) atoms. The highest BCUT2D eigenvalue weighted by molar-refractivity contribution is 5.93. The van der Waals surface area contributed by atoms with Crippen molar-refractivity contribution in [1.29, 1.82) is 0 Å². The molecular weight excluding hydrogens is 358 g/mol. The van der Waals surface area contributed by atoms with Crippen LogP contribution in [0.1, 0.15) is 39.6 Å². The minimum atomic E-state index is -1.02. The fraction of sp³-hybridized carbons (Fsp3) is 0.190. The van der Waals surface area contributed by atoms with E-state index < -0.39 is 17.9 Å². The third-order valence-electron chi connectivity index (χ3n) is 4.42. The molecule has 144 valence electrons. The standard InChI is InChI=1S/C21H21N3O4/c1-13-8-9-14(2)16(10-13)17(12-20(26)27)22-21(28)18-11-19(25)24(23-18)15-6-4-3-5-7-15/h3-11,17,25H,12H2,1-2H3,(H,22,28)(H,26,27). The van der Waals surface area contributed by atoms with E-state index in [1.54, 1.807) is 24.3 Å². The molecule has 7 heteroatoms. The summed E-state index contributed by atoms with van der Waals surface area (Å²) in [5.74, 6) is -1.76. The molecule has 0 radical (unpaired) electrons. The SMILES string of the molecule is Cc1ccc(C)c(C(CC(=O)O)NC(=O)c2cc(O)n(-c3ccccc3)n2)c1. The van der Waals surface area contributed by atoms with Crippen molar-refractivity contribution < 1.29 is 19.8 Å². The molecule has 0 aliphatic rings. The summed E-state index contributed by atoms with van der Waals surface area (Å²) in [7, 11) is 0. The highest BCUT2D eigenvalue weighted by Crippen LogP contribution is 2.24. The Balaban J connectivity index is 1.88. The van der Waals surface area contributed by atoms with Crippen molar-refractivity contribution in [2.75, 3.05) is 0 Å². The average Bonchev–Trinajstić information content (AvgIpc) is 3.05. The molecule has 0 aliphatic heterocycles. The number of hydrogen-bond acceptors (Lipinski definition) is 4. The van der Waals surface area contributed by atoms with E-state index in [2.05, 4.69) is 10.4 Å². The maximum absolute atomic E-state index is 12.7. The fourth-order valence-electron chi connectivity index (χ4n) is 3.02. The number of hydrogen-bond donors (Lipinski definition) is 3. The maximum atomic E-state index is 12.7. The van der Waals surface area contributed by atoms with Gasteiger partial charge in [0.15, 0.2) is 5.69 Å². The summed E-state index contributed by atoms with van der Waals surface area (Å²) in [6.45, 7) is 3.77. The molecule has 1 amide bonds. The van der Waals surface area contributed by atoms with E-state index >= 15 is 0 Å². The minimum absolute atomic E-state index is 0.00190. The summed E-state index contributed by atoms with van der Waals surface area (Å²) in [5.41, 5.74) is 3.20. The zero-order valence-corrected chi connectivity index (χ0v) is 15.6.